The summed E-state index contributed by atoms with van der Waals surface area (Å²) in [6.07, 6.45) is 0.934. The van der Waals surface area contributed by atoms with Gasteiger partial charge in [0.25, 0.3) is 5.69 Å². The molecule has 0 aliphatic carbocycles. The summed E-state index contributed by atoms with van der Waals surface area (Å²) in [6.45, 7) is 4.44. The Kier molecular flexibility index (Phi) is 6.52. The highest BCUT2D eigenvalue weighted by Crippen LogP contribution is 2.38. The molecule has 2 rings (SSSR count). The van der Waals surface area contributed by atoms with Gasteiger partial charge < -0.3 is 15.2 Å². The van der Waals surface area contributed by atoms with E-state index in [4.69, 9.17) is 15.2 Å². The molecule has 0 saturated carbocycles. The topological polar surface area (TPSA) is 146 Å². The van der Waals surface area contributed by atoms with E-state index in [2.05, 4.69) is 10.2 Å². The Morgan fingerprint density at radius 1 is 1.04 bits per heavy atom. The van der Waals surface area contributed by atoms with Crippen molar-refractivity contribution in [3.8, 4) is 11.5 Å². The normalized spacial score (nSPS) is 11.5. The Morgan fingerprint density at radius 2 is 1.61 bits per heavy atom. The maximum Gasteiger partial charge on any atom is 0.270 e. The van der Waals surface area contributed by atoms with Crippen LogP contribution in [0.5, 0.6) is 11.5 Å². The van der Waals surface area contributed by atoms with Crippen molar-refractivity contribution < 1.29 is 22.8 Å². The number of nitrogens with zero attached hydrogens (tertiary/aromatic N) is 3. The summed E-state index contributed by atoms with van der Waals surface area (Å²) >= 11 is 0. The predicted molar refractivity (Wildman–Crippen MR) is 104 cm³/mol. The van der Waals surface area contributed by atoms with Crippen LogP contribution in [-0.4, -0.2) is 32.8 Å². The van der Waals surface area contributed by atoms with E-state index in [1.807, 2.05) is 13.8 Å². The number of sulfone groups is 1. The fraction of sp³-hybridized carbons (Fsp3) is 0.294. The number of nitro benzene ring substituents is 1. The maximum atomic E-state index is 12.0. The third kappa shape index (κ3) is 4.94. The molecule has 2 N–H and O–H groups in total. The second kappa shape index (κ2) is 8.65. The number of nitro groups is 1. The zero-order valence-corrected chi connectivity index (χ0v) is 16.4. The van der Waals surface area contributed by atoms with E-state index in [1.165, 1.54) is 18.2 Å². The molecule has 0 unspecified atom stereocenters. The van der Waals surface area contributed by atoms with Gasteiger partial charge in [-0.15, -0.1) is 10.2 Å². The average Bonchev–Trinajstić information content (AvgIpc) is 2.62. The van der Waals surface area contributed by atoms with Crippen molar-refractivity contribution in [3.63, 3.8) is 0 Å². The molecule has 0 aliphatic rings. The molecule has 28 heavy (non-hydrogen) atoms. The first-order chi connectivity index (χ1) is 13.2. The van der Waals surface area contributed by atoms with E-state index in [9.17, 15) is 18.5 Å². The second-order valence-corrected chi connectivity index (χ2v) is 7.59. The minimum absolute atomic E-state index is 0.0423. The van der Waals surface area contributed by atoms with Gasteiger partial charge in [-0.3, -0.25) is 10.1 Å². The molecular formula is C17H20N4O6S. The van der Waals surface area contributed by atoms with Crippen molar-refractivity contribution in [2.24, 2.45) is 10.2 Å². The molecule has 150 valence electrons. The van der Waals surface area contributed by atoms with Crippen LogP contribution in [0.4, 0.5) is 22.7 Å². The number of non-ortho nitro benzene ring substituents is 1. The van der Waals surface area contributed by atoms with Crippen molar-refractivity contribution in [1.82, 2.24) is 0 Å². The van der Waals surface area contributed by atoms with Gasteiger partial charge in [0.05, 0.1) is 23.8 Å². The number of benzene rings is 2. The van der Waals surface area contributed by atoms with Crippen molar-refractivity contribution in [2.75, 3.05) is 25.2 Å². The quantitative estimate of drug-likeness (QED) is 0.302. The third-order valence-electron chi connectivity index (χ3n) is 3.51. The van der Waals surface area contributed by atoms with Crippen LogP contribution in [-0.2, 0) is 9.84 Å². The number of anilines is 1. The molecule has 0 spiro atoms. The number of azo groups is 1. The van der Waals surface area contributed by atoms with E-state index < -0.39 is 14.8 Å². The van der Waals surface area contributed by atoms with E-state index in [-0.39, 0.29) is 27.6 Å². The number of nitrogens with two attached hydrogens (primary N) is 1. The molecule has 2 aromatic rings. The first-order valence-corrected chi connectivity index (χ1v) is 10.2. The van der Waals surface area contributed by atoms with Crippen molar-refractivity contribution in [2.45, 2.75) is 18.7 Å². The van der Waals surface area contributed by atoms with Crippen molar-refractivity contribution in [3.05, 3.63) is 40.4 Å². The van der Waals surface area contributed by atoms with Crippen LogP contribution in [0.2, 0.25) is 0 Å². The molecule has 0 heterocycles. The average molecular weight is 408 g/mol. The zero-order chi connectivity index (χ0) is 20.9. The number of ether oxygens (including phenoxy) is 2. The van der Waals surface area contributed by atoms with Crippen LogP contribution in [0.25, 0.3) is 0 Å². The summed E-state index contributed by atoms with van der Waals surface area (Å²) in [7, 11) is -3.77. The Bertz CT molecular complexity index is 1020. The van der Waals surface area contributed by atoms with Gasteiger partial charge in [0.15, 0.2) is 21.3 Å². The summed E-state index contributed by atoms with van der Waals surface area (Å²) in [6, 6.07) is 6.37. The highest BCUT2D eigenvalue weighted by molar-refractivity contribution is 7.90. The molecule has 2 aromatic carbocycles. The van der Waals surface area contributed by atoms with Gasteiger partial charge >= 0.3 is 0 Å². The standard InChI is InChI=1S/C17H20N4O6S/c1-4-26-15-9-12(18)14(10-16(15)27-5-2)20-19-13-7-6-11(21(22)23)8-17(13)28(3,24)25/h6-10H,4-5,18H2,1-3H3. The Balaban J connectivity index is 2.51. The van der Waals surface area contributed by atoms with E-state index in [1.54, 1.807) is 0 Å². The van der Waals surface area contributed by atoms with Crippen LogP contribution in [0.3, 0.4) is 0 Å². The molecule has 11 heteroatoms. The number of hydrogen-bond donors (Lipinski definition) is 1. The van der Waals surface area contributed by atoms with E-state index in [0.29, 0.717) is 24.7 Å². The summed E-state index contributed by atoms with van der Waals surface area (Å²) < 4.78 is 34.9. The summed E-state index contributed by atoms with van der Waals surface area (Å²) in [5.74, 6) is 0.868. The first kappa shape index (κ1) is 21.1. The minimum atomic E-state index is -3.77. The molecule has 0 aliphatic heterocycles. The van der Waals surface area contributed by atoms with E-state index in [0.717, 1.165) is 18.4 Å². The number of nitrogen functional groups attached to an aromatic ring is 1. The Hall–Kier alpha value is -3.21. The van der Waals surface area contributed by atoms with Gasteiger partial charge in [0.1, 0.15) is 16.3 Å². The maximum absolute atomic E-state index is 12.0. The zero-order valence-electron chi connectivity index (χ0n) is 15.6. The lowest BCUT2D eigenvalue weighted by Crippen LogP contribution is -2.00. The van der Waals surface area contributed by atoms with Crippen LogP contribution in [0, 0.1) is 10.1 Å². The van der Waals surface area contributed by atoms with Gasteiger partial charge in [-0.25, -0.2) is 8.42 Å². The third-order valence-corrected chi connectivity index (χ3v) is 4.64. The van der Waals surface area contributed by atoms with Crippen LogP contribution in [0.15, 0.2) is 45.5 Å². The van der Waals surface area contributed by atoms with Gasteiger partial charge in [-0.05, 0) is 19.9 Å². The largest absolute Gasteiger partial charge is 0.490 e. The SMILES string of the molecule is CCOc1cc(N)c(N=Nc2ccc([N+](=O)[O-])cc2S(C)(=O)=O)cc1OCC. The van der Waals surface area contributed by atoms with Crippen molar-refractivity contribution >= 4 is 32.6 Å². The summed E-state index contributed by atoms with van der Waals surface area (Å²) in [4.78, 5) is 9.92. The monoisotopic (exact) mass is 408 g/mol. The van der Waals surface area contributed by atoms with Gasteiger partial charge in [-0.2, -0.15) is 0 Å². The smallest absolute Gasteiger partial charge is 0.270 e. The predicted octanol–water partition coefficient (Wildman–Crippen LogP) is 3.79. The van der Waals surface area contributed by atoms with Crippen molar-refractivity contribution in [1.29, 1.82) is 0 Å². The second-order valence-electron chi connectivity index (χ2n) is 5.61. The van der Waals surface area contributed by atoms with Gasteiger partial charge in [-0.1, -0.05) is 0 Å². The Labute approximate surface area is 162 Å². The lowest BCUT2D eigenvalue weighted by atomic mass is 10.2. The fourth-order valence-corrected chi connectivity index (χ4v) is 3.12. The molecule has 0 bridgehead atoms. The molecule has 0 aromatic heterocycles. The van der Waals surface area contributed by atoms with Crippen LogP contribution < -0.4 is 15.2 Å². The molecule has 10 nitrogen and oxygen atoms in total. The lowest BCUT2D eigenvalue weighted by molar-refractivity contribution is -0.385. The molecule has 0 radical (unpaired) electrons. The fourth-order valence-electron chi connectivity index (χ4n) is 2.29. The van der Waals surface area contributed by atoms with E-state index >= 15 is 0 Å². The summed E-state index contributed by atoms with van der Waals surface area (Å²) in [5.41, 5.74) is 6.06. The van der Waals surface area contributed by atoms with Gasteiger partial charge in [0.2, 0.25) is 0 Å². The molecule has 0 amide bonds. The molecule has 0 fully saturated rings. The number of rotatable bonds is 8. The first-order valence-electron chi connectivity index (χ1n) is 8.26. The summed E-state index contributed by atoms with van der Waals surface area (Å²) in [5, 5.41) is 18.8. The Morgan fingerprint density at radius 3 is 2.14 bits per heavy atom. The van der Waals surface area contributed by atoms with Crippen LogP contribution in [0.1, 0.15) is 13.8 Å². The minimum Gasteiger partial charge on any atom is -0.490 e. The lowest BCUT2D eigenvalue weighted by Gasteiger charge is -2.12. The molecule has 0 atom stereocenters. The number of hydrogen-bond acceptors (Lipinski definition) is 9. The van der Waals surface area contributed by atoms with Gasteiger partial charge in [0, 0.05) is 30.5 Å². The highest BCUT2D eigenvalue weighted by atomic mass is 32.2. The van der Waals surface area contributed by atoms with Crippen LogP contribution >= 0.6 is 0 Å². The highest BCUT2D eigenvalue weighted by Gasteiger charge is 2.19. The molecule has 0 saturated heterocycles. The molecular weight excluding hydrogens is 388 g/mol.